The molecule has 0 saturated carbocycles. The van der Waals surface area contributed by atoms with Crippen molar-refractivity contribution < 1.29 is 14.3 Å². The van der Waals surface area contributed by atoms with Crippen molar-refractivity contribution in [3.8, 4) is 22.9 Å². The summed E-state index contributed by atoms with van der Waals surface area (Å²) < 4.78 is 13.6. The molecule has 1 atom stereocenters. The van der Waals surface area contributed by atoms with Gasteiger partial charge in [0.15, 0.2) is 22.5 Å². The first-order valence-corrected chi connectivity index (χ1v) is 12.5. The molecule has 1 aliphatic carbocycles. The molecule has 1 aliphatic heterocycles. The van der Waals surface area contributed by atoms with Gasteiger partial charge in [0, 0.05) is 18.5 Å². The van der Waals surface area contributed by atoms with E-state index in [1.807, 2.05) is 28.8 Å². The number of ether oxygens (including phenoxy) is 2. The van der Waals surface area contributed by atoms with Crippen LogP contribution in [0.5, 0.6) is 11.5 Å². The third-order valence-corrected chi connectivity index (χ3v) is 7.04. The predicted molar refractivity (Wildman–Crippen MR) is 128 cm³/mol. The monoisotopic (exact) mass is 464 g/mol. The smallest absolute Gasteiger partial charge is 0.230 e. The van der Waals surface area contributed by atoms with E-state index in [1.54, 1.807) is 0 Å². The summed E-state index contributed by atoms with van der Waals surface area (Å²) in [6, 6.07) is 14.3. The van der Waals surface area contributed by atoms with Crippen molar-refractivity contribution in [3.63, 3.8) is 0 Å². The highest BCUT2D eigenvalue weighted by Crippen LogP contribution is 2.35. The van der Waals surface area contributed by atoms with Crippen LogP contribution in [0.25, 0.3) is 11.4 Å². The van der Waals surface area contributed by atoms with E-state index in [2.05, 4.69) is 40.6 Å². The molecule has 0 radical (unpaired) electrons. The van der Waals surface area contributed by atoms with Crippen LogP contribution in [-0.2, 0) is 17.8 Å². The lowest BCUT2D eigenvalue weighted by atomic mass is 9.88. The third kappa shape index (κ3) is 4.71. The van der Waals surface area contributed by atoms with Gasteiger partial charge in [-0.1, -0.05) is 36.0 Å². The average molecular weight is 465 g/mol. The summed E-state index contributed by atoms with van der Waals surface area (Å²) in [6.07, 6.45) is 4.02. The number of benzene rings is 2. The second kappa shape index (κ2) is 9.87. The van der Waals surface area contributed by atoms with Gasteiger partial charge >= 0.3 is 0 Å². The normalized spacial score (nSPS) is 17.2. The fourth-order valence-electron chi connectivity index (χ4n) is 4.47. The van der Waals surface area contributed by atoms with Crippen molar-refractivity contribution in [3.05, 3.63) is 53.6 Å². The summed E-state index contributed by atoms with van der Waals surface area (Å²) in [7, 11) is 0. The molecule has 2 heterocycles. The van der Waals surface area contributed by atoms with Crippen molar-refractivity contribution >= 4 is 17.7 Å². The number of carbonyl (C=O) groups excluding carboxylic acids is 1. The molecule has 0 saturated heterocycles. The van der Waals surface area contributed by atoms with Gasteiger partial charge < -0.3 is 19.4 Å². The zero-order valence-corrected chi connectivity index (χ0v) is 19.6. The number of aryl methyl sites for hydroxylation is 1. The van der Waals surface area contributed by atoms with Gasteiger partial charge in [0.25, 0.3) is 0 Å². The molecule has 1 aromatic heterocycles. The first-order chi connectivity index (χ1) is 16.2. The van der Waals surface area contributed by atoms with Crippen molar-refractivity contribution in [2.24, 2.45) is 0 Å². The van der Waals surface area contributed by atoms with Crippen molar-refractivity contribution in [2.75, 3.05) is 19.0 Å². The number of nitrogens with one attached hydrogen (secondary N) is 1. The van der Waals surface area contributed by atoms with Crippen LogP contribution in [0.15, 0.2) is 47.6 Å². The number of aromatic nitrogens is 3. The lowest BCUT2D eigenvalue weighted by molar-refractivity contribution is -0.119. The molecule has 7 nitrogen and oxygen atoms in total. The Hall–Kier alpha value is -3.00. The molecule has 1 unspecified atom stereocenters. The highest BCUT2D eigenvalue weighted by molar-refractivity contribution is 7.99. The SMILES string of the molecule is CCn1c(SCC(=O)NC2CCCc3ccccc32)nnc1-c1ccc2c(c1)OCCCO2. The molecule has 0 fully saturated rings. The number of carbonyl (C=O) groups is 1. The van der Waals surface area contributed by atoms with E-state index in [1.165, 1.54) is 22.9 Å². The maximum Gasteiger partial charge on any atom is 0.230 e. The minimum Gasteiger partial charge on any atom is -0.490 e. The van der Waals surface area contributed by atoms with E-state index in [0.717, 1.165) is 53.7 Å². The molecular formula is C25H28N4O3S. The van der Waals surface area contributed by atoms with Crippen LogP contribution >= 0.6 is 11.8 Å². The summed E-state index contributed by atoms with van der Waals surface area (Å²) in [5.41, 5.74) is 3.51. The van der Waals surface area contributed by atoms with Gasteiger partial charge in [0.05, 0.1) is 25.0 Å². The van der Waals surface area contributed by atoms with E-state index < -0.39 is 0 Å². The van der Waals surface area contributed by atoms with Crippen LogP contribution in [-0.4, -0.2) is 39.6 Å². The number of hydrogen-bond donors (Lipinski definition) is 1. The zero-order valence-electron chi connectivity index (χ0n) is 18.8. The Morgan fingerprint density at radius 1 is 1.12 bits per heavy atom. The van der Waals surface area contributed by atoms with E-state index in [4.69, 9.17) is 9.47 Å². The Morgan fingerprint density at radius 2 is 1.97 bits per heavy atom. The van der Waals surface area contributed by atoms with Gasteiger partial charge in [-0.25, -0.2) is 0 Å². The van der Waals surface area contributed by atoms with Crippen LogP contribution in [0.4, 0.5) is 0 Å². The number of fused-ring (bicyclic) bond motifs is 2. The predicted octanol–water partition coefficient (Wildman–Crippen LogP) is 4.41. The van der Waals surface area contributed by atoms with Gasteiger partial charge in [-0.2, -0.15) is 0 Å². The van der Waals surface area contributed by atoms with Crippen LogP contribution in [0.3, 0.4) is 0 Å². The Labute approximate surface area is 197 Å². The second-order valence-electron chi connectivity index (χ2n) is 8.26. The Kier molecular flexibility index (Phi) is 6.53. The molecule has 0 bridgehead atoms. The van der Waals surface area contributed by atoms with Gasteiger partial charge in [-0.15, -0.1) is 10.2 Å². The molecule has 1 N–H and O–H groups in total. The molecule has 33 heavy (non-hydrogen) atoms. The number of amides is 1. The van der Waals surface area contributed by atoms with Gasteiger partial charge in [0.2, 0.25) is 5.91 Å². The molecular weight excluding hydrogens is 436 g/mol. The van der Waals surface area contributed by atoms with Gasteiger partial charge in [0.1, 0.15) is 0 Å². The quantitative estimate of drug-likeness (QED) is 0.545. The van der Waals surface area contributed by atoms with Gasteiger partial charge in [-0.05, 0) is 55.5 Å². The fourth-order valence-corrected chi connectivity index (χ4v) is 5.28. The Morgan fingerprint density at radius 3 is 2.85 bits per heavy atom. The largest absolute Gasteiger partial charge is 0.490 e. The lowest BCUT2D eigenvalue weighted by Crippen LogP contribution is -2.32. The van der Waals surface area contributed by atoms with Crippen LogP contribution in [0.2, 0.25) is 0 Å². The standard InChI is InChI=1S/C25H28N4O3S/c1-2-29-24(18-11-12-21-22(15-18)32-14-6-13-31-21)27-28-25(29)33-16-23(30)26-20-10-5-8-17-7-3-4-9-19(17)20/h3-4,7,9,11-12,15,20H,2,5-6,8,10,13-14,16H2,1H3,(H,26,30). The molecule has 2 aromatic carbocycles. The molecule has 8 heteroatoms. The van der Waals surface area contributed by atoms with Crippen molar-refractivity contribution in [2.45, 2.75) is 50.4 Å². The van der Waals surface area contributed by atoms with Crippen LogP contribution in [0, 0.1) is 0 Å². The first kappa shape index (κ1) is 21.8. The Bertz CT molecular complexity index is 1150. The number of nitrogens with zero attached hydrogens (tertiary/aromatic N) is 3. The van der Waals surface area contributed by atoms with Gasteiger partial charge in [-0.3, -0.25) is 4.79 Å². The van der Waals surface area contributed by atoms with E-state index in [-0.39, 0.29) is 11.9 Å². The highest BCUT2D eigenvalue weighted by Gasteiger charge is 2.22. The molecule has 1 amide bonds. The van der Waals surface area contributed by atoms with Crippen molar-refractivity contribution in [1.29, 1.82) is 0 Å². The van der Waals surface area contributed by atoms with Crippen LogP contribution < -0.4 is 14.8 Å². The number of thioether (sulfide) groups is 1. The third-order valence-electron chi connectivity index (χ3n) is 6.08. The topological polar surface area (TPSA) is 78.3 Å². The second-order valence-corrected chi connectivity index (χ2v) is 9.20. The molecule has 5 rings (SSSR count). The highest BCUT2D eigenvalue weighted by atomic mass is 32.2. The summed E-state index contributed by atoms with van der Waals surface area (Å²) >= 11 is 1.42. The molecule has 3 aromatic rings. The summed E-state index contributed by atoms with van der Waals surface area (Å²) in [4.78, 5) is 12.7. The number of rotatable bonds is 6. The fraction of sp³-hybridized carbons (Fsp3) is 0.400. The van der Waals surface area contributed by atoms with Crippen molar-refractivity contribution in [1.82, 2.24) is 20.1 Å². The maximum absolute atomic E-state index is 12.7. The Balaban J connectivity index is 1.27. The summed E-state index contributed by atoms with van der Waals surface area (Å²) in [6.45, 7) is 4.06. The average Bonchev–Trinajstić information content (AvgIpc) is 3.11. The minimum atomic E-state index is 0.0180. The lowest BCUT2D eigenvalue weighted by Gasteiger charge is -2.26. The number of hydrogen-bond acceptors (Lipinski definition) is 6. The maximum atomic E-state index is 12.7. The van der Waals surface area contributed by atoms with Crippen LogP contribution in [0.1, 0.15) is 43.4 Å². The molecule has 172 valence electrons. The zero-order chi connectivity index (χ0) is 22.6. The molecule has 0 spiro atoms. The van der Waals surface area contributed by atoms with E-state index in [0.29, 0.717) is 25.5 Å². The van der Waals surface area contributed by atoms with E-state index >= 15 is 0 Å². The summed E-state index contributed by atoms with van der Waals surface area (Å²) in [5.74, 6) is 2.57. The molecule has 2 aliphatic rings. The summed E-state index contributed by atoms with van der Waals surface area (Å²) in [5, 5.41) is 12.7. The van der Waals surface area contributed by atoms with E-state index in [9.17, 15) is 4.79 Å². The minimum absolute atomic E-state index is 0.0180. The first-order valence-electron chi connectivity index (χ1n) is 11.6.